The van der Waals surface area contributed by atoms with E-state index >= 15 is 0 Å². The number of phenolic OH excluding ortho intramolecular Hbond substituents is 1. The van der Waals surface area contributed by atoms with Crippen LogP contribution >= 0.6 is 11.8 Å². The van der Waals surface area contributed by atoms with Crippen LogP contribution in [0.1, 0.15) is 18.9 Å². The maximum absolute atomic E-state index is 9.58. The molecule has 2 nitrogen and oxygen atoms in total. The number of benzene rings is 1. The van der Waals surface area contributed by atoms with Crippen LogP contribution in [0.5, 0.6) is 5.75 Å². The Morgan fingerprint density at radius 3 is 2.87 bits per heavy atom. The highest BCUT2D eigenvalue weighted by Gasteiger charge is 2.21. The van der Waals surface area contributed by atoms with Crippen molar-refractivity contribution in [3.8, 4) is 5.75 Å². The lowest BCUT2D eigenvalue weighted by atomic mass is 10.1. The third kappa shape index (κ3) is 2.59. The predicted octanol–water partition coefficient (Wildman–Crippen LogP) is 3.01. The lowest BCUT2D eigenvalue weighted by Gasteiger charge is -2.13. The molecule has 1 aliphatic rings. The molecule has 1 saturated heterocycles. The van der Waals surface area contributed by atoms with E-state index in [0.29, 0.717) is 11.8 Å². The van der Waals surface area contributed by atoms with Gasteiger partial charge in [0.15, 0.2) is 0 Å². The van der Waals surface area contributed by atoms with Crippen LogP contribution in [0.4, 0.5) is 5.69 Å². The summed E-state index contributed by atoms with van der Waals surface area (Å²) in [6, 6.07) is 6.33. The van der Waals surface area contributed by atoms with Crippen LogP contribution in [0.3, 0.4) is 0 Å². The summed E-state index contributed by atoms with van der Waals surface area (Å²) in [5.41, 5.74) is 1.95. The van der Waals surface area contributed by atoms with E-state index in [2.05, 4.69) is 12.2 Å². The Balaban J connectivity index is 2.02. The summed E-state index contributed by atoms with van der Waals surface area (Å²) in [4.78, 5) is 0. The van der Waals surface area contributed by atoms with Crippen LogP contribution in [-0.4, -0.2) is 22.2 Å². The van der Waals surface area contributed by atoms with Crippen LogP contribution in [0.15, 0.2) is 18.2 Å². The van der Waals surface area contributed by atoms with Crippen LogP contribution in [0.25, 0.3) is 0 Å². The fourth-order valence-corrected chi connectivity index (χ4v) is 3.00. The second-order valence-electron chi connectivity index (χ2n) is 4.22. The van der Waals surface area contributed by atoms with E-state index in [1.54, 1.807) is 0 Å². The molecule has 1 fully saturated rings. The Labute approximate surface area is 95.1 Å². The average Bonchev–Trinajstić information content (AvgIpc) is 2.58. The summed E-state index contributed by atoms with van der Waals surface area (Å²) in [5.74, 6) is 1.54. The van der Waals surface area contributed by atoms with E-state index in [-0.39, 0.29) is 0 Å². The minimum absolute atomic E-state index is 0.374. The molecule has 2 unspecified atom stereocenters. The molecule has 1 aliphatic heterocycles. The molecule has 1 aromatic rings. The number of phenols is 1. The zero-order chi connectivity index (χ0) is 10.8. The van der Waals surface area contributed by atoms with Crippen LogP contribution in [-0.2, 0) is 0 Å². The first-order valence-corrected chi connectivity index (χ1v) is 6.38. The van der Waals surface area contributed by atoms with Gasteiger partial charge in [0.2, 0.25) is 0 Å². The third-order valence-electron chi connectivity index (χ3n) is 2.78. The zero-order valence-corrected chi connectivity index (χ0v) is 9.97. The number of hydrogen-bond acceptors (Lipinski definition) is 3. The molecule has 0 bridgehead atoms. The molecule has 2 rings (SSSR count). The molecule has 0 saturated carbocycles. The van der Waals surface area contributed by atoms with E-state index in [1.807, 2.05) is 36.9 Å². The van der Waals surface area contributed by atoms with Gasteiger partial charge in [0.1, 0.15) is 5.75 Å². The third-order valence-corrected chi connectivity index (χ3v) is 4.13. The second kappa shape index (κ2) is 4.35. The Hall–Kier alpha value is -0.830. The highest BCUT2D eigenvalue weighted by atomic mass is 32.2. The van der Waals surface area contributed by atoms with Gasteiger partial charge in [0.25, 0.3) is 0 Å². The van der Waals surface area contributed by atoms with Crippen molar-refractivity contribution in [3.63, 3.8) is 0 Å². The van der Waals surface area contributed by atoms with Crippen molar-refractivity contribution in [2.24, 2.45) is 0 Å². The number of anilines is 1. The monoisotopic (exact) mass is 223 g/mol. The average molecular weight is 223 g/mol. The predicted molar refractivity (Wildman–Crippen MR) is 66.8 cm³/mol. The highest BCUT2D eigenvalue weighted by molar-refractivity contribution is 8.00. The number of thioether (sulfide) groups is 1. The molecule has 15 heavy (non-hydrogen) atoms. The maximum atomic E-state index is 9.58. The number of rotatable bonds is 2. The lowest BCUT2D eigenvalue weighted by molar-refractivity contribution is 0.471. The quantitative estimate of drug-likeness (QED) is 0.808. The molecule has 0 amide bonds. The van der Waals surface area contributed by atoms with E-state index in [4.69, 9.17) is 0 Å². The number of aromatic hydroxyl groups is 1. The van der Waals surface area contributed by atoms with Gasteiger partial charge in [-0.25, -0.2) is 0 Å². The summed E-state index contributed by atoms with van der Waals surface area (Å²) in [5, 5.41) is 13.8. The van der Waals surface area contributed by atoms with E-state index in [1.165, 1.54) is 6.42 Å². The van der Waals surface area contributed by atoms with Crippen molar-refractivity contribution in [2.45, 2.75) is 31.6 Å². The fraction of sp³-hybridized carbons (Fsp3) is 0.500. The lowest BCUT2D eigenvalue weighted by Crippen LogP contribution is -2.18. The van der Waals surface area contributed by atoms with Gasteiger partial charge in [0.05, 0.1) is 0 Å². The Bertz CT molecular complexity index is 353. The molecule has 82 valence electrons. The summed E-state index contributed by atoms with van der Waals surface area (Å²) in [6.07, 6.45) is 1.21. The molecule has 2 atom stereocenters. The van der Waals surface area contributed by atoms with Crippen molar-refractivity contribution in [1.82, 2.24) is 0 Å². The molecule has 0 radical (unpaired) electrons. The summed E-state index contributed by atoms with van der Waals surface area (Å²) >= 11 is 2.01. The molecule has 0 spiro atoms. The van der Waals surface area contributed by atoms with Gasteiger partial charge in [-0.2, -0.15) is 11.8 Å². The number of nitrogens with one attached hydrogen (secondary N) is 1. The molecular weight excluding hydrogens is 206 g/mol. The van der Waals surface area contributed by atoms with Gasteiger partial charge < -0.3 is 10.4 Å². The van der Waals surface area contributed by atoms with Crippen LogP contribution < -0.4 is 5.32 Å². The normalized spacial score (nSPS) is 25.5. The van der Waals surface area contributed by atoms with Gasteiger partial charge in [-0.1, -0.05) is 13.0 Å². The molecule has 0 aliphatic carbocycles. The SMILES string of the molecule is Cc1ccc(NC2CSC(C)C2)cc1O. The van der Waals surface area contributed by atoms with Gasteiger partial charge >= 0.3 is 0 Å². The summed E-state index contributed by atoms with van der Waals surface area (Å²) in [7, 11) is 0. The fourth-order valence-electron chi connectivity index (χ4n) is 1.85. The van der Waals surface area contributed by atoms with Gasteiger partial charge in [-0.15, -0.1) is 0 Å². The van der Waals surface area contributed by atoms with Gasteiger partial charge in [0, 0.05) is 28.8 Å². The topological polar surface area (TPSA) is 32.3 Å². The summed E-state index contributed by atoms with van der Waals surface area (Å²) < 4.78 is 0. The first-order valence-electron chi connectivity index (χ1n) is 5.33. The Kier molecular flexibility index (Phi) is 3.10. The Morgan fingerprint density at radius 2 is 2.27 bits per heavy atom. The smallest absolute Gasteiger partial charge is 0.120 e. The molecule has 0 aromatic heterocycles. The van der Waals surface area contributed by atoms with E-state index in [9.17, 15) is 5.11 Å². The number of aryl methyl sites for hydroxylation is 1. The standard InChI is InChI=1S/C12H17NOS/c1-8-3-4-10(6-12(8)14)13-11-5-9(2)15-7-11/h3-4,6,9,11,13-14H,5,7H2,1-2H3. The second-order valence-corrected chi connectivity index (χ2v) is 5.69. The summed E-state index contributed by atoms with van der Waals surface area (Å²) in [6.45, 7) is 4.17. The van der Waals surface area contributed by atoms with Crippen LogP contribution in [0.2, 0.25) is 0 Å². The van der Waals surface area contributed by atoms with E-state index < -0.39 is 0 Å². The number of hydrogen-bond donors (Lipinski definition) is 2. The van der Waals surface area contributed by atoms with Gasteiger partial charge in [-0.3, -0.25) is 0 Å². The van der Waals surface area contributed by atoms with Crippen molar-refractivity contribution in [2.75, 3.05) is 11.1 Å². The minimum Gasteiger partial charge on any atom is -0.508 e. The zero-order valence-electron chi connectivity index (χ0n) is 9.16. The van der Waals surface area contributed by atoms with Crippen LogP contribution in [0, 0.1) is 6.92 Å². The molecule has 1 heterocycles. The van der Waals surface area contributed by atoms with Crippen molar-refractivity contribution >= 4 is 17.4 Å². The molecule has 3 heteroatoms. The van der Waals surface area contributed by atoms with Gasteiger partial charge in [-0.05, 0) is 25.0 Å². The van der Waals surface area contributed by atoms with E-state index in [0.717, 1.165) is 22.3 Å². The highest BCUT2D eigenvalue weighted by Crippen LogP contribution is 2.29. The van der Waals surface area contributed by atoms with Crippen molar-refractivity contribution in [1.29, 1.82) is 0 Å². The van der Waals surface area contributed by atoms with Crippen molar-refractivity contribution < 1.29 is 5.11 Å². The molecule has 1 aromatic carbocycles. The largest absolute Gasteiger partial charge is 0.508 e. The Morgan fingerprint density at radius 1 is 1.47 bits per heavy atom. The first-order chi connectivity index (χ1) is 7.15. The maximum Gasteiger partial charge on any atom is 0.120 e. The minimum atomic E-state index is 0.374. The molecular formula is C12H17NOS. The first kappa shape index (κ1) is 10.7. The van der Waals surface area contributed by atoms with Crippen molar-refractivity contribution in [3.05, 3.63) is 23.8 Å². The molecule has 2 N–H and O–H groups in total.